The first-order chi connectivity index (χ1) is 7.99. The molecule has 0 saturated heterocycles. The molecule has 0 spiro atoms. The van der Waals surface area contributed by atoms with Gasteiger partial charge in [0.15, 0.2) is 0 Å². The minimum Gasteiger partial charge on any atom is -0.389 e. The summed E-state index contributed by atoms with van der Waals surface area (Å²) < 4.78 is 26.2. The summed E-state index contributed by atoms with van der Waals surface area (Å²) >= 11 is 0. The molecule has 0 radical (unpaired) electrons. The van der Waals surface area contributed by atoms with Crippen molar-refractivity contribution in [2.75, 3.05) is 0 Å². The Bertz CT molecular complexity index is 385. The maximum atomic E-state index is 13.1. The first-order valence-electron chi connectivity index (χ1n) is 6.17. The highest BCUT2D eigenvalue weighted by atomic mass is 19.1. The fraction of sp³-hybridized carbons (Fsp3) is 0.571. The van der Waals surface area contributed by atoms with Gasteiger partial charge in [0.1, 0.15) is 11.6 Å². The van der Waals surface area contributed by atoms with Gasteiger partial charge in [0.25, 0.3) is 0 Å². The van der Waals surface area contributed by atoms with Crippen LogP contribution in [0.15, 0.2) is 18.2 Å². The van der Waals surface area contributed by atoms with Crippen molar-refractivity contribution in [1.82, 2.24) is 0 Å². The van der Waals surface area contributed by atoms with Crippen molar-refractivity contribution in [3.05, 3.63) is 35.4 Å². The summed E-state index contributed by atoms with van der Waals surface area (Å²) in [5.41, 5.74) is -0.267. The van der Waals surface area contributed by atoms with E-state index < -0.39 is 17.2 Å². The molecule has 2 atom stereocenters. The van der Waals surface area contributed by atoms with Gasteiger partial charge in [-0.1, -0.05) is 19.8 Å². The Hall–Kier alpha value is -0.960. The standard InChI is InChI=1S/C14H18F2O/c1-10-4-2-3-5-14(10,17)9-11-6-12(15)8-13(16)7-11/h6-8,10,17H,2-5,9H2,1H3. The number of aliphatic hydroxyl groups is 1. The maximum absolute atomic E-state index is 13.1. The summed E-state index contributed by atoms with van der Waals surface area (Å²) in [6.07, 6.45) is 4.14. The lowest BCUT2D eigenvalue weighted by Crippen LogP contribution is -2.41. The SMILES string of the molecule is CC1CCCCC1(O)Cc1cc(F)cc(F)c1. The molecule has 1 aromatic carbocycles. The molecule has 1 saturated carbocycles. The fourth-order valence-corrected chi connectivity index (χ4v) is 2.73. The molecule has 17 heavy (non-hydrogen) atoms. The minimum atomic E-state index is -0.807. The van der Waals surface area contributed by atoms with Crippen LogP contribution >= 0.6 is 0 Å². The van der Waals surface area contributed by atoms with E-state index in [1.54, 1.807) is 0 Å². The zero-order valence-electron chi connectivity index (χ0n) is 10.0. The topological polar surface area (TPSA) is 20.2 Å². The van der Waals surface area contributed by atoms with Crippen molar-refractivity contribution in [3.8, 4) is 0 Å². The van der Waals surface area contributed by atoms with Crippen molar-refractivity contribution in [2.24, 2.45) is 5.92 Å². The summed E-state index contributed by atoms with van der Waals surface area (Å²) in [6, 6.07) is 3.47. The highest BCUT2D eigenvalue weighted by molar-refractivity contribution is 5.20. The summed E-state index contributed by atoms with van der Waals surface area (Å²) in [5, 5.41) is 10.5. The molecule has 2 rings (SSSR count). The molecule has 1 aromatic rings. The highest BCUT2D eigenvalue weighted by Crippen LogP contribution is 2.36. The van der Waals surface area contributed by atoms with Gasteiger partial charge in [0.05, 0.1) is 5.60 Å². The van der Waals surface area contributed by atoms with E-state index in [1.165, 1.54) is 12.1 Å². The monoisotopic (exact) mass is 240 g/mol. The van der Waals surface area contributed by atoms with Crippen LogP contribution in [0.25, 0.3) is 0 Å². The van der Waals surface area contributed by atoms with E-state index >= 15 is 0 Å². The average molecular weight is 240 g/mol. The van der Waals surface area contributed by atoms with Gasteiger partial charge in [0.2, 0.25) is 0 Å². The molecular formula is C14H18F2O. The molecule has 1 fully saturated rings. The van der Waals surface area contributed by atoms with Gasteiger partial charge in [0, 0.05) is 12.5 Å². The Morgan fingerprint density at radius 1 is 1.24 bits per heavy atom. The number of hydrogen-bond acceptors (Lipinski definition) is 1. The Labute approximate surface area is 100 Å². The molecule has 0 aliphatic heterocycles. The molecule has 1 N–H and O–H groups in total. The fourth-order valence-electron chi connectivity index (χ4n) is 2.73. The molecule has 1 aliphatic carbocycles. The van der Waals surface area contributed by atoms with Crippen LogP contribution in [0.5, 0.6) is 0 Å². The van der Waals surface area contributed by atoms with Crippen LogP contribution in [0.4, 0.5) is 8.78 Å². The third kappa shape index (κ3) is 2.83. The van der Waals surface area contributed by atoms with Gasteiger partial charge in [-0.2, -0.15) is 0 Å². The van der Waals surface area contributed by atoms with Gasteiger partial charge in [-0.25, -0.2) is 8.78 Å². The van der Waals surface area contributed by atoms with Gasteiger partial charge >= 0.3 is 0 Å². The molecule has 1 nitrogen and oxygen atoms in total. The van der Waals surface area contributed by atoms with E-state index in [9.17, 15) is 13.9 Å². The highest BCUT2D eigenvalue weighted by Gasteiger charge is 2.36. The zero-order chi connectivity index (χ0) is 12.5. The number of halogens is 2. The van der Waals surface area contributed by atoms with Gasteiger partial charge in [-0.3, -0.25) is 0 Å². The lowest BCUT2D eigenvalue weighted by Gasteiger charge is -2.38. The number of rotatable bonds is 2. The predicted molar refractivity (Wildman–Crippen MR) is 62.6 cm³/mol. The first-order valence-corrected chi connectivity index (χ1v) is 6.17. The van der Waals surface area contributed by atoms with Gasteiger partial charge in [-0.15, -0.1) is 0 Å². The molecule has 0 bridgehead atoms. The lowest BCUT2D eigenvalue weighted by atomic mass is 9.73. The zero-order valence-corrected chi connectivity index (χ0v) is 10.0. The quantitative estimate of drug-likeness (QED) is 0.839. The maximum Gasteiger partial charge on any atom is 0.126 e. The summed E-state index contributed by atoms with van der Waals surface area (Å²) in [5.74, 6) is -0.971. The number of hydrogen-bond donors (Lipinski definition) is 1. The second-order valence-electron chi connectivity index (χ2n) is 5.20. The molecule has 0 heterocycles. The van der Waals surface area contributed by atoms with E-state index in [2.05, 4.69) is 0 Å². The van der Waals surface area contributed by atoms with E-state index in [0.717, 1.165) is 25.3 Å². The van der Waals surface area contributed by atoms with Crippen LogP contribution in [-0.2, 0) is 6.42 Å². The van der Waals surface area contributed by atoms with Crippen LogP contribution in [0.2, 0.25) is 0 Å². The molecule has 1 aliphatic rings. The van der Waals surface area contributed by atoms with Gasteiger partial charge < -0.3 is 5.11 Å². The third-order valence-corrected chi connectivity index (χ3v) is 3.85. The Morgan fingerprint density at radius 3 is 2.47 bits per heavy atom. The van der Waals surface area contributed by atoms with Crippen LogP contribution in [0.1, 0.15) is 38.2 Å². The van der Waals surface area contributed by atoms with E-state index in [4.69, 9.17) is 0 Å². The minimum absolute atomic E-state index is 0.183. The molecule has 0 aromatic heterocycles. The Kier molecular flexibility index (Phi) is 3.48. The number of benzene rings is 1. The predicted octanol–water partition coefficient (Wildman–Crippen LogP) is 3.45. The lowest BCUT2D eigenvalue weighted by molar-refractivity contribution is -0.0405. The normalized spacial score (nSPS) is 29.3. The smallest absolute Gasteiger partial charge is 0.126 e. The first kappa shape index (κ1) is 12.5. The molecule has 94 valence electrons. The largest absolute Gasteiger partial charge is 0.389 e. The summed E-state index contributed by atoms with van der Waals surface area (Å²) in [6.45, 7) is 2.01. The van der Waals surface area contributed by atoms with Crippen molar-refractivity contribution in [3.63, 3.8) is 0 Å². The van der Waals surface area contributed by atoms with Crippen LogP contribution in [0.3, 0.4) is 0 Å². The van der Waals surface area contributed by atoms with Gasteiger partial charge in [-0.05, 0) is 36.5 Å². The molecule has 0 amide bonds. The Balaban J connectivity index is 2.18. The molecule has 2 unspecified atom stereocenters. The second-order valence-corrected chi connectivity index (χ2v) is 5.20. The third-order valence-electron chi connectivity index (χ3n) is 3.85. The van der Waals surface area contributed by atoms with Crippen molar-refractivity contribution < 1.29 is 13.9 Å². The van der Waals surface area contributed by atoms with E-state index in [-0.39, 0.29) is 5.92 Å². The summed E-state index contributed by atoms with van der Waals surface area (Å²) in [7, 11) is 0. The van der Waals surface area contributed by atoms with E-state index in [0.29, 0.717) is 18.4 Å². The van der Waals surface area contributed by atoms with Crippen LogP contribution < -0.4 is 0 Å². The van der Waals surface area contributed by atoms with E-state index in [1.807, 2.05) is 6.92 Å². The summed E-state index contributed by atoms with van der Waals surface area (Å²) in [4.78, 5) is 0. The molecule has 3 heteroatoms. The van der Waals surface area contributed by atoms with Crippen molar-refractivity contribution >= 4 is 0 Å². The van der Waals surface area contributed by atoms with Crippen LogP contribution in [-0.4, -0.2) is 10.7 Å². The Morgan fingerprint density at radius 2 is 1.88 bits per heavy atom. The van der Waals surface area contributed by atoms with Crippen molar-refractivity contribution in [1.29, 1.82) is 0 Å². The molecular weight excluding hydrogens is 222 g/mol. The second kappa shape index (κ2) is 4.73. The van der Waals surface area contributed by atoms with Crippen LogP contribution in [0, 0.1) is 17.6 Å². The average Bonchev–Trinajstić information content (AvgIpc) is 2.21. The van der Waals surface area contributed by atoms with Crippen molar-refractivity contribution in [2.45, 2.75) is 44.6 Å².